The summed E-state index contributed by atoms with van der Waals surface area (Å²) in [6, 6.07) is 18.5. The van der Waals surface area contributed by atoms with E-state index in [9.17, 15) is 4.79 Å². The normalized spacial score (nSPS) is 21.5. The smallest absolute Gasteiger partial charge is 0.260 e. The highest BCUT2D eigenvalue weighted by atomic mass is 16.5. The van der Waals surface area contributed by atoms with Crippen LogP contribution in [0.15, 0.2) is 59.6 Å². The number of benzene rings is 2. The number of hydrogen-bond acceptors (Lipinski definition) is 3. The Morgan fingerprint density at radius 1 is 1.00 bits per heavy atom. The molecule has 0 bridgehead atoms. The molecular formula is C25H30N2O2. The number of rotatable bonds is 6. The zero-order valence-corrected chi connectivity index (χ0v) is 17.2. The van der Waals surface area contributed by atoms with Crippen molar-refractivity contribution in [2.75, 3.05) is 20.2 Å². The van der Waals surface area contributed by atoms with Crippen molar-refractivity contribution >= 4 is 11.6 Å². The van der Waals surface area contributed by atoms with Crippen molar-refractivity contribution in [1.29, 1.82) is 0 Å². The van der Waals surface area contributed by atoms with Gasteiger partial charge in [0, 0.05) is 31.3 Å². The average molecular weight is 391 g/mol. The third-order valence-corrected chi connectivity index (χ3v) is 6.28. The lowest BCUT2D eigenvalue weighted by Gasteiger charge is -2.38. The molecule has 0 N–H and O–H groups in total. The second-order valence-electron chi connectivity index (χ2n) is 8.12. The first-order valence-corrected chi connectivity index (χ1v) is 10.8. The van der Waals surface area contributed by atoms with Crippen molar-refractivity contribution in [3.8, 4) is 16.9 Å². The largest absolute Gasteiger partial charge is 0.484 e. The van der Waals surface area contributed by atoms with E-state index in [2.05, 4.69) is 12.1 Å². The molecule has 0 saturated heterocycles. The standard InChI is InChI=1S/C25H30N2O2/c1-27(24-12-6-5-10-22(24)23-11-7-17-26-23)25(28)18-29-21-15-13-20(14-16-21)19-8-3-2-4-9-19/h2-4,8-9,13-16,22,24H,5-7,10-12,17-18H2,1H3/t22-,24+/m0/s1. The fraction of sp³-hybridized carbons (Fsp3) is 0.440. The molecule has 1 fully saturated rings. The Morgan fingerprint density at radius 3 is 2.45 bits per heavy atom. The fourth-order valence-corrected chi connectivity index (χ4v) is 4.63. The summed E-state index contributed by atoms with van der Waals surface area (Å²) >= 11 is 0. The van der Waals surface area contributed by atoms with E-state index in [0.29, 0.717) is 5.92 Å². The molecule has 2 aromatic rings. The van der Waals surface area contributed by atoms with Crippen LogP contribution in [0.3, 0.4) is 0 Å². The van der Waals surface area contributed by atoms with Gasteiger partial charge in [0.15, 0.2) is 6.61 Å². The lowest BCUT2D eigenvalue weighted by Crippen LogP contribution is -2.47. The number of carbonyl (C=O) groups is 1. The van der Waals surface area contributed by atoms with Crippen LogP contribution in [-0.2, 0) is 4.79 Å². The van der Waals surface area contributed by atoms with E-state index in [-0.39, 0.29) is 18.6 Å². The summed E-state index contributed by atoms with van der Waals surface area (Å²) in [6.45, 7) is 1.04. The topological polar surface area (TPSA) is 41.9 Å². The monoisotopic (exact) mass is 390 g/mol. The number of ether oxygens (including phenoxy) is 1. The van der Waals surface area contributed by atoms with Crippen LogP contribution >= 0.6 is 0 Å². The number of aliphatic imine (C=N–C) groups is 1. The molecular weight excluding hydrogens is 360 g/mol. The summed E-state index contributed by atoms with van der Waals surface area (Å²) < 4.78 is 5.81. The van der Waals surface area contributed by atoms with Gasteiger partial charge in [-0.15, -0.1) is 0 Å². The van der Waals surface area contributed by atoms with Crippen LogP contribution in [-0.4, -0.2) is 42.8 Å². The number of amides is 1. The minimum Gasteiger partial charge on any atom is -0.484 e. The van der Waals surface area contributed by atoms with Gasteiger partial charge in [-0.25, -0.2) is 0 Å². The minimum atomic E-state index is 0.0487. The second-order valence-corrected chi connectivity index (χ2v) is 8.12. The van der Waals surface area contributed by atoms with E-state index in [4.69, 9.17) is 9.73 Å². The van der Waals surface area contributed by atoms with Gasteiger partial charge in [0.25, 0.3) is 5.91 Å². The summed E-state index contributed by atoms with van der Waals surface area (Å²) in [6.07, 6.45) is 6.92. The predicted octanol–water partition coefficient (Wildman–Crippen LogP) is 4.98. The molecule has 1 heterocycles. The zero-order valence-electron chi connectivity index (χ0n) is 17.2. The SMILES string of the molecule is CN(C(=O)COc1ccc(-c2ccccc2)cc1)[C@@H]1CCCC[C@H]1C1=NCCC1. The molecule has 0 aromatic heterocycles. The van der Waals surface area contributed by atoms with Crippen LogP contribution in [0.2, 0.25) is 0 Å². The van der Waals surface area contributed by atoms with Crippen LogP contribution in [0.4, 0.5) is 0 Å². The highest BCUT2D eigenvalue weighted by molar-refractivity contribution is 5.89. The molecule has 0 unspecified atom stereocenters. The van der Waals surface area contributed by atoms with E-state index in [0.717, 1.165) is 43.5 Å². The van der Waals surface area contributed by atoms with Gasteiger partial charge in [-0.3, -0.25) is 9.79 Å². The summed E-state index contributed by atoms with van der Waals surface area (Å²) in [5, 5.41) is 0. The van der Waals surface area contributed by atoms with E-state index >= 15 is 0 Å². The minimum absolute atomic E-state index is 0.0487. The lowest BCUT2D eigenvalue weighted by atomic mass is 9.80. The maximum absolute atomic E-state index is 12.8. The Hall–Kier alpha value is -2.62. The molecule has 29 heavy (non-hydrogen) atoms. The number of likely N-dealkylation sites (N-methyl/N-ethyl adjacent to an activating group) is 1. The molecule has 0 spiro atoms. The average Bonchev–Trinajstić information content (AvgIpc) is 3.33. The van der Waals surface area contributed by atoms with Gasteiger partial charge in [-0.1, -0.05) is 55.3 Å². The third kappa shape index (κ3) is 4.69. The molecule has 4 heteroatoms. The van der Waals surface area contributed by atoms with Gasteiger partial charge in [0.05, 0.1) is 0 Å². The summed E-state index contributed by atoms with van der Waals surface area (Å²) in [5.41, 5.74) is 3.66. The van der Waals surface area contributed by atoms with Gasteiger partial charge >= 0.3 is 0 Å². The van der Waals surface area contributed by atoms with Crippen LogP contribution in [0.25, 0.3) is 11.1 Å². The van der Waals surface area contributed by atoms with Gasteiger partial charge in [-0.2, -0.15) is 0 Å². The van der Waals surface area contributed by atoms with E-state index in [1.165, 1.54) is 24.1 Å². The Morgan fingerprint density at radius 2 is 1.72 bits per heavy atom. The summed E-state index contributed by atoms with van der Waals surface area (Å²) in [7, 11) is 1.93. The number of hydrogen-bond donors (Lipinski definition) is 0. The molecule has 1 aliphatic heterocycles. The van der Waals surface area contributed by atoms with Crippen molar-refractivity contribution in [1.82, 2.24) is 4.90 Å². The van der Waals surface area contributed by atoms with Crippen molar-refractivity contribution in [2.45, 2.75) is 44.6 Å². The highest BCUT2D eigenvalue weighted by Gasteiger charge is 2.34. The van der Waals surface area contributed by atoms with E-state index in [1.54, 1.807) is 0 Å². The Bertz CT molecular complexity index is 845. The Balaban J connectivity index is 1.35. The molecule has 1 saturated carbocycles. The lowest BCUT2D eigenvalue weighted by molar-refractivity contribution is -0.135. The zero-order chi connectivity index (χ0) is 20.1. The van der Waals surface area contributed by atoms with Crippen molar-refractivity contribution < 1.29 is 9.53 Å². The fourth-order valence-electron chi connectivity index (χ4n) is 4.63. The first kappa shape index (κ1) is 19.7. The molecule has 2 atom stereocenters. The first-order valence-electron chi connectivity index (χ1n) is 10.8. The van der Waals surface area contributed by atoms with Crippen LogP contribution in [0.1, 0.15) is 38.5 Å². The maximum atomic E-state index is 12.8. The molecule has 1 aliphatic carbocycles. The van der Waals surface area contributed by atoms with Gasteiger partial charge in [0.2, 0.25) is 0 Å². The molecule has 1 amide bonds. The van der Waals surface area contributed by atoms with Crippen molar-refractivity contribution in [3.05, 3.63) is 54.6 Å². The van der Waals surface area contributed by atoms with Gasteiger partial charge < -0.3 is 9.64 Å². The molecule has 2 aromatic carbocycles. The van der Waals surface area contributed by atoms with Gasteiger partial charge in [-0.05, 0) is 48.9 Å². The first-order chi connectivity index (χ1) is 14.2. The van der Waals surface area contributed by atoms with Gasteiger partial charge in [0.1, 0.15) is 5.75 Å². The second kappa shape index (κ2) is 9.25. The number of nitrogens with zero attached hydrogens (tertiary/aromatic N) is 2. The summed E-state index contributed by atoms with van der Waals surface area (Å²) in [4.78, 5) is 19.5. The Kier molecular flexibility index (Phi) is 6.28. The third-order valence-electron chi connectivity index (χ3n) is 6.28. The number of carbonyl (C=O) groups excluding carboxylic acids is 1. The summed E-state index contributed by atoms with van der Waals surface area (Å²) in [5.74, 6) is 1.21. The molecule has 4 nitrogen and oxygen atoms in total. The van der Waals surface area contributed by atoms with Crippen LogP contribution in [0.5, 0.6) is 5.75 Å². The van der Waals surface area contributed by atoms with Crippen molar-refractivity contribution in [2.24, 2.45) is 10.9 Å². The Labute approximate surface area is 173 Å². The molecule has 152 valence electrons. The van der Waals surface area contributed by atoms with E-state index in [1.807, 2.05) is 54.4 Å². The molecule has 2 aliphatic rings. The van der Waals surface area contributed by atoms with Crippen LogP contribution < -0.4 is 4.74 Å². The highest BCUT2D eigenvalue weighted by Crippen LogP contribution is 2.32. The van der Waals surface area contributed by atoms with Crippen molar-refractivity contribution in [3.63, 3.8) is 0 Å². The molecule has 4 rings (SSSR count). The predicted molar refractivity (Wildman–Crippen MR) is 117 cm³/mol. The maximum Gasteiger partial charge on any atom is 0.260 e. The molecule has 0 radical (unpaired) electrons. The van der Waals surface area contributed by atoms with E-state index < -0.39 is 0 Å². The van der Waals surface area contributed by atoms with Crippen LogP contribution in [0, 0.1) is 5.92 Å². The quantitative estimate of drug-likeness (QED) is 0.698.